The standard InChI is InChI=1S/C34H35F2N5O4/c1-5-33(36)29(35)32(3,42)30(45-33)41-21-37-26-27(41)38-31(39-28(26)44-6-2)40-34(22-13-9-7-10-14-22,23-15-11-8-12-16-23)24-17-19-25(43-4)20-18-24/h7-21,29-30,42H,5-6H2,1-4H3,(H,38,39,40)/t29-,30+,32+,33+/m0/s1. The van der Waals surface area contributed by atoms with Crippen molar-refractivity contribution in [1.82, 2.24) is 19.5 Å². The minimum atomic E-state index is -2.69. The van der Waals surface area contributed by atoms with Crippen LogP contribution in [0.1, 0.15) is 50.1 Å². The molecule has 0 bridgehead atoms. The summed E-state index contributed by atoms with van der Waals surface area (Å²) in [6, 6.07) is 27.4. The fraction of sp³-hybridized carbons (Fsp3) is 0.324. The number of rotatable bonds is 10. The molecule has 0 aliphatic carbocycles. The Labute approximate surface area is 259 Å². The van der Waals surface area contributed by atoms with E-state index < -0.39 is 29.4 Å². The fourth-order valence-corrected chi connectivity index (χ4v) is 5.98. The maximum atomic E-state index is 15.4. The van der Waals surface area contributed by atoms with Gasteiger partial charge in [-0.05, 0) is 42.7 Å². The zero-order valence-electron chi connectivity index (χ0n) is 25.4. The first-order valence-corrected chi connectivity index (χ1v) is 14.8. The molecule has 1 aliphatic rings. The summed E-state index contributed by atoms with van der Waals surface area (Å²) in [6.07, 6.45) is -2.74. The van der Waals surface area contributed by atoms with Crippen LogP contribution in [0.25, 0.3) is 11.2 Å². The number of fused-ring (bicyclic) bond motifs is 1. The van der Waals surface area contributed by atoms with Crippen molar-refractivity contribution in [3.8, 4) is 11.6 Å². The highest BCUT2D eigenvalue weighted by atomic mass is 19.2. The van der Waals surface area contributed by atoms with Gasteiger partial charge in [-0.1, -0.05) is 79.7 Å². The number of aliphatic hydroxyl groups is 1. The first-order valence-electron chi connectivity index (χ1n) is 14.8. The molecule has 0 amide bonds. The molecule has 1 saturated heterocycles. The predicted molar refractivity (Wildman–Crippen MR) is 166 cm³/mol. The van der Waals surface area contributed by atoms with Gasteiger partial charge in [0.1, 0.15) is 16.9 Å². The van der Waals surface area contributed by atoms with E-state index in [-0.39, 0.29) is 36.0 Å². The molecule has 11 heteroatoms. The zero-order valence-corrected chi connectivity index (χ0v) is 25.4. The van der Waals surface area contributed by atoms with Crippen LogP contribution in [0.4, 0.5) is 14.7 Å². The molecular formula is C34H35F2N5O4. The second-order valence-electron chi connectivity index (χ2n) is 11.1. The average molecular weight is 616 g/mol. The van der Waals surface area contributed by atoms with Crippen molar-refractivity contribution in [1.29, 1.82) is 0 Å². The van der Waals surface area contributed by atoms with E-state index in [2.05, 4.69) is 10.3 Å². The van der Waals surface area contributed by atoms with Gasteiger partial charge in [0, 0.05) is 6.42 Å². The highest BCUT2D eigenvalue weighted by Gasteiger charge is 2.63. The smallest absolute Gasteiger partial charge is 0.247 e. The van der Waals surface area contributed by atoms with Crippen molar-refractivity contribution in [2.45, 2.75) is 56.6 Å². The third-order valence-corrected chi connectivity index (χ3v) is 8.34. The molecule has 0 spiro atoms. The summed E-state index contributed by atoms with van der Waals surface area (Å²) in [7, 11) is 1.61. The Hall–Kier alpha value is -4.61. The Morgan fingerprint density at radius 1 is 0.956 bits per heavy atom. The lowest BCUT2D eigenvalue weighted by molar-refractivity contribution is -0.177. The molecule has 45 heavy (non-hydrogen) atoms. The predicted octanol–water partition coefficient (Wildman–Crippen LogP) is 6.33. The van der Waals surface area contributed by atoms with Crippen molar-refractivity contribution in [2.75, 3.05) is 19.0 Å². The van der Waals surface area contributed by atoms with Crippen molar-refractivity contribution < 1.29 is 28.1 Å². The Morgan fingerprint density at radius 2 is 1.56 bits per heavy atom. The lowest BCUT2D eigenvalue weighted by Crippen LogP contribution is -2.44. The monoisotopic (exact) mass is 615 g/mol. The number of anilines is 1. The van der Waals surface area contributed by atoms with E-state index in [4.69, 9.17) is 24.2 Å². The molecule has 5 aromatic rings. The third kappa shape index (κ3) is 5.05. The molecule has 9 nitrogen and oxygen atoms in total. The molecule has 1 fully saturated rings. The number of hydrogen-bond donors (Lipinski definition) is 2. The number of nitrogens with zero attached hydrogens (tertiary/aromatic N) is 4. The molecule has 0 unspecified atom stereocenters. The molecule has 0 saturated carbocycles. The Kier molecular flexibility index (Phi) is 7.92. The topological polar surface area (TPSA) is 104 Å². The van der Waals surface area contributed by atoms with Crippen molar-refractivity contribution >= 4 is 17.1 Å². The van der Waals surface area contributed by atoms with Gasteiger partial charge in [0.15, 0.2) is 23.6 Å². The second kappa shape index (κ2) is 11.7. The van der Waals surface area contributed by atoms with Crippen LogP contribution in [0, 0.1) is 0 Å². The zero-order chi connectivity index (χ0) is 31.8. The van der Waals surface area contributed by atoms with E-state index >= 15 is 8.78 Å². The first-order chi connectivity index (χ1) is 21.7. The summed E-state index contributed by atoms with van der Waals surface area (Å²) in [5, 5.41) is 14.7. The molecule has 234 valence electrons. The molecule has 2 N–H and O–H groups in total. The van der Waals surface area contributed by atoms with E-state index in [1.165, 1.54) is 24.7 Å². The van der Waals surface area contributed by atoms with E-state index in [1.807, 2.05) is 91.9 Å². The van der Waals surface area contributed by atoms with E-state index in [0.29, 0.717) is 5.75 Å². The van der Waals surface area contributed by atoms with Crippen LogP contribution in [-0.4, -0.2) is 56.0 Å². The van der Waals surface area contributed by atoms with E-state index in [0.717, 1.165) is 16.7 Å². The number of ether oxygens (including phenoxy) is 3. The molecule has 3 aromatic carbocycles. The van der Waals surface area contributed by atoms with Crippen LogP contribution in [-0.2, 0) is 10.3 Å². The van der Waals surface area contributed by atoms with Gasteiger partial charge >= 0.3 is 0 Å². The van der Waals surface area contributed by atoms with Crippen molar-refractivity contribution in [3.05, 3.63) is 108 Å². The molecule has 1 aliphatic heterocycles. The average Bonchev–Trinajstić information content (AvgIpc) is 3.57. The Balaban J connectivity index is 1.58. The van der Waals surface area contributed by atoms with Gasteiger partial charge in [0.05, 0.1) is 20.0 Å². The number of benzene rings is 3. The van der Waals surface area contributed by atoms with Crippen molar-refractivity contribution in [3.63, 3.8) is 0 Å². The van der Waals surface area contributed by atoms with Crippen LogP contribution in [0.15, 0.2) is 91.3 Å². The van der Waals surface area contributed by atoms with E-state index in [9.17, 15) is 5.11 Å². The fourth-order valence-electron chi connectivity index (χ4n) is 5.98. The molecule has 0 radical (unpaired) electrons. The minimum Gasteiger partial charge on any atom is -0.497 e. The van der Waals surface area contributed by atoms with Gasteiger partial charge in [0.2, 0.25) is 17.7 Å². The summed E-state index contributed by atoms with van der Waals surface area (Å²) in [5.74, 6) is -1.69. The maximum absolute atomic E-state index is 15.4. The number of imidazole rings is 1. The first kappa shape index (κ1) is 30.4. The summed E-state index contributed by atoms with van der Waals surface area (Å²) < 4.78 is 48.9. The highest BCUT2D eigenvalue weighted by Crippen LogP contribution is 2.49. The van der Waals surface area contributed by atoms with Gasteiger partial charge in [-0.15, -0.1) is 0 Å². The van der Waals surface area contributed by atoms with Gasteiger partial charge in [-0.3, -0.25) is 4.57 Å². The SMILES string of the molecule is CCOc1nc(NC(c2ccccc2)(c2ccccc2)c2ccc(OC)cc2)nc2c1ncn2[C@@H]1O[C@](F)(CC)[C@@H](F)[C@@]1(C)O. The number of alkyl halides is 2. The highest BCUT2D eigenvalue weighted by molar-refractivity contribution is 5.78. The van der Waals surface area contributed by atoms with Crippen LogP contribution < -0.4 is 14.8 Å². The number of hydrogen-bond acceptors (Lipinski definition) is 8. The van der Waals surface area contributed by atoms with Gasteiger partial charge in [0.25, 0.3) is 0 Å². The second-order valence-corrected chi connectivity index (χ2v) is 11.1. The quantitative estimate of drug-likeness (QED) is 0.176. The van der Waals surface area contributed by atoms with Crippen LogP contribution >= 0.6 is 0 Å². The third-order valence-electron chi connectivity index (χ3n) is 8.34. The van der Waals surface area contributed by atoms with Crippen LogP contribution in [0.3, 0.4) is 0 Å². The Morgan fingerprint density at radius 3 is 2.09 bits per heavy atom. The van der Waals surface area contributed by atoms with Gasteiger partial charge in [-0.2, -0.15) is 9.97 Å². The number of nitrogens with one attached hydrogen (secondary N) is 1. The number of methoxy groups -OCH3 is 1. The van der Waals surface area contributed by atoms with Crippen molar-refractivity contribution in [2.24, 2.45) is 0 Å². The molecule has 2 aromatic heterocycles. The Bertz CT molecular complexity index is 1730. The largest absolute Gasteiger partial charge is 0.497 e. The molecular weight excluding hydrogens is 580 g/mol. The molecule has 4 atom stereocenters. The van der Waals surface area contributed by atoms with Gasteiger partial charge < -0.3 is 24.6 Å². The maximum Gasteiger partial charge on any atom is 0.247 e. The summed E-state index contributed by atoms with van der Waals surface area (Å²) >= 11 is 0. The summed E-state index contributed by atoms with van der Waals surface area (Å²) in [6.45, 7) is 4.74. The lowest BCUT2D eigenvalue weighted by atomic mass is 9.77. The van der Waals surface area contributed by atoms with E-state index in [1.54, 1.807) is 7.11 Å². The summed E-state index contributed by atoms with van der Waals surface area (Å²) in [4.78, 5) is 14.0. The van der Waals surface area contributed by atoms with Gasteiger partial charge in [-0.25, -0.2) is 13.8 Å². The normalized spacial score (nSPS) is 23.3. The molecule has 6 rings (SSSR count). The van der Waals surface area contributed by atoms with Crippen LogP contribution in [0.2, 0.25) is 0 Å². The number of aromatic nitrogens is 4. The minimum absolute atomic E-state index is 0.146. The number of halogens is 2. The van der Waals surface area contributed by atoms with Crippen LogP contribution in [0.5, 0.6) is 11.6 Å². The summed E-state index contributed by atoms with van der Waals surface area (Å²) in [5.41, 5.74) is -0.176. The molecule has 3 heterocycles. The lowest BCUT2D eigenvalue weighted by Gasteiger charge is -2.37.